The van der Waals surface area contributed by atoms with Crippen molar-refractivity contribution >= 4 is 0 Å². The molecule has 0 saturated heterocycles. The zero-order chi connectivity index (χ0) is 10.7. The summed E-state index contributed by atoms with van der Waals surface area (Å²) >= 11 is 0. The minimum atomic E-state index is -0.102. The minimum Gasteiger partial charge on any atom is -0.393 e. The fourth-order valence-corrected chi connectivity index (χ4v) is 2.52. The molecular formula is C13H19NO. The molecule has 3 unspecified atom stereocenters. The first kappa shape index (κ1) is 10.6. The molecule has 0 aromatic carbocycles. The summed E-state index contributed by atoms with van der Waals surface area (Å²) in [6.45, 7) is 2.28. The number of hydrogen-bond acceptors (Lipinski definition) is 2. The quantitative estimate of drug-likeness (QED) is 0.804. The fraction of sp³-hybridized carbons (Fsp3) is 0.615. The largest absolute Gasteiger partial charge is 0.393 e. The summed E-state index contributed by atoms with van der Waals surface area (Å²) in [6, 6.07) is 4.10. The van der Waals surface area contributed by atoms with E-state index in [9.17, 15) is 5.11 Å². The summed E-state index contributed by atoms with van der Waals surface area (Å²) in [6.07, 6.45) is 7.85. The predicted molar refractivity (Wildman–Crippen MR) is 60.5 cm³/mol. The van der Waals surface area contributed by atoms with Crippen LogP contribution in [0.3, 0.4) is 0 Å². The predicted octanol–water partition coefficient (Wildman–Crippen LogP) is 2.42. The third-order valence-corrected chi connectivity index (χ3v) is 3.45. The Hall–Kier alpha value is -0.890. The molecule has 0 radical (unpaired) electrons. The van der Waals surface area contributed by atoms with Crippen molar-refractivity contribution in [2.75, 3.05) is 0 Å². The maximum atomic E-state index is 9.93. The van der Waals surface area contributed by atoms with Crippen LogP contribution in [0.15, 0.2) is 24.5 Å². The molecule has 2 rings (SSSR count). The highest BCUT2D eigenvalue weighted by Gasteiger charge is 2.26. The SMILES string of the molecule is CC1CCC(O)C(Cc2ccncc2)C1. The third-order valence-electron chi connectivity index (χ3n) is 3.45. The lowest BCUT2D eigenvalue weighted by atomic mass is 9.77. The molecule has 1 aliphatic rings. The summed E-state index contributed by atoms with van der Waals surface area (Å²) in [5.74, 6) is 1.20. The van der Waals surface area contributed by atoms with Crippen molar-refractivity contribution in [3.63, 3.8) is 0 Å². The first-order valence-corrected chi connectivity index (χ1v) is 5.82. The third kappa shape index (κ3) is 2.78. The molecule has 2 nitrogen and oxygen atoms in total. The number of aromatic nitrogens is 1. The van der Waals surface area contributed by atoms with Gasteiger partial charge in [0.05, 0.1) is 6.10 Å². The van der Waals surface area contributed by atoms with E-state index < -0.39 is 0 Å². The highest BCUT2D eigenvalue weighted by atomic mass is 16.3. The first-order valence-electron chi connectivity index (χ1n) is 5.82. The normalized spacial score (nSPS) is 31.5. The maximum absolute atomic E-state index is 9.93. The van der Waals surface area contributed by atoms with E-state index in [1.54, 1.807) is 0 Å². The monoisotopic (exact) mass is 205 g/mol. The highest BCUT2D eigenvalue weighted by Crippen LogP contribution is 2.31. The van der Waals surface area contributed by atoms with Crippen molar-refractivity contribution in [2.45, 2.75) is 38.7 Å². The Morgan fingerprint density at radius 1 is 1.33 bits per heavy atom. The molecule has 2 heteroatoms. The number of rotatable bonds is 2. The number of aliphatic hydroxyl groups is 1. The second-order valence-electron chi connectivity index (χ2n) is 4.81. The van der Waals surface area contributed by atoms with Gasteiger partial charge in [-0.25, -0.2) is 0 Å². The molecule has 1 aromatic heterocycles. The van der Waals surface area contributed by atoms with Crippen LogP contribution in [0.1, 0.15) is 31.7 Å². The second-order valence-corrected chi connectivity index (χ2v) is 4.81. The van der Waals surface area contributed by atoms with Crippen LogP contribution in [-0.2, 0) is 6.42 Å². The van der Waals surface area contributed by atoms with Crippen LogP contribution in [0.5, 0.6) is 0 Å². The van der Waals surface area contributed by atoms with E-state index in [4.69, 9.17) is 0 Å². The van der Waals surface area contributed by atoms with E-state index in [0.717, 1.165) is 25.2 Å². The van der Waals surface area contributed by atoms with E-state index in [2.05, 4.69) is 11.9 Å². The van der Waals surface area contributed by atoms with Crippen molar-refractivity contribution in [1.29, 1.82) is 0 Å². The van der Waals surface area contributed by atoms with Gasteiger partial charge in [-0.2, -0.15) is 0 Å². The molecule has 15 heavy (non-hydrogen) atoms. The van der Waals surface area contributed by atoms with Gasteiger partial charge in [0.1, 0.15) is 0 Å². The fourth-order valence-electron chi connectivity index (χ4n) is 2.52. The van der Waals surface area contributed by atoms with Gasteiger partial charge < -0.3 is 5.11 Å². The lowest BCUT2D eigenvalue weighted by Gasteiger charge is -2.31. The van der Waals surface area contributed by atoms with Crippen molar-refractivity contribution < 1.29 is 5.11 Å². The molecule has 0 amide bonds. The van der Waals surface area contributed by atoms with Crippen LogP contribution in [0.4, 0.5) is 0 Å². The topological polar surface area (TPSA) is 33.1 Å². The molecule has 1 saturated carbocycles. The summed E-state index contributed by atoms with van der Waals surface area (Å²) < 4.78 is 0. The van der Waals surface area contributed by atoms with Crippen LogP contribution in [0.2, 0.25) is 0 Å². The molecular weight excluding hydrogens is 186 g/mol. The Morgan fingerprint density at radius 3 is 2.80 bits per heavy atom. The Kier molecular flexibility index (Phi) is 3.37. The first-order chi connectivity index (χ1) is 7.25. The lowest BCUT2D eigenvalue weighted by molar-refractivity contribution is 0.0519. The van der Waals surface area contributed by atoms with E-state index >= 15 is 0 Å². The van der Waals surface area contributed by atoms with Gasteiger partial charge in [-0.1, -0.05) is 6.92 Å². The highest BCUT2D eigenvalue weighted by molar-refractivity contribution is 5.11. The average molecular weight is 205 g/mol. The van der Waals surface area contributed by atoms with Crippen molar-refractivity contribution in [2.24, 2.45) is 11.8 Å². The van der Waals surface area contributed by atoms with Crippen LogP contribution in [0.25, 0.3) is 0 Å². The van der Waals surface area contributed by atoms with Crippen molar-refractivity contribution in [3.05, 3.63) is 30.1 Å². The van der Waals surface area contributed by atoms with Gasteiger partial charge in [0.2, 0.25) is 0 Å². The number of hydrogen-bond donors (Lipinski definition) is 1. The van der Waals surface area contributed by atoms with Gasteiger partial charge in [-0.3, -0.25) is 4.98 Å². The Balaban J connectivity index is 1.98. The smallest absolute Gasteiger partial charge is 0.0571 e. The molecule has 0 aliphatic heterocycles. The molecule has 82 valence electrons. The summed E-state index contributed by atoms with van der Waals surface area (Å²) in [5.41, 5.74) is 1.29. The molecule has 1 heterocycles. The van der Waals surface area contributed by atoms with E-state index in [0.29, 0.717) is 5.92 Å². The van der Waals surface area contributed by atoms with Gasteiger partial charge in [0.15, 0.2) is 0 Å². The summed E-state index contributed by atoms with van der Waals surface area (Å²) in [4.78, 5) is 4.01. The maximum Gasteiger partial charge on any atom is 0.0571 e. The standard InChI is InChI=1S/C13H19NO/c1-10-2-3-13(15)12(8-10)9-11-4-6-14-7-5-11/h4-7,10,12-13,15H,2-3,8-9H2,1H3. The summed E-state index contributed by atoms with van der Waals surface area (Å²) in [5, 5.41) is 9.93. The van der Waals surface area contributed by atoms with Gasteiger partial charge in [-0.05, 0) is 55.2 Å². The van der Waals surface area contributed by atoms with Gasteiger partial charge in [-0.15, -0.1) is 0 Å². The Morgan fingerprint density at radius 2 is 2.07 bits per heavy atom. The average Bonchev–Trinajstić information content (AvgIpc) is 2.25. The number of nitrogens with zero attached hydrogens (tertiary/aromatic N) is 1. The molecule has 1 N–H and O–H groups in total. The van der Waals surface area contributed by atoms with Crippen molar-refractivity contribution in [3.8, 4) is 0 Å². The van der Waals surface area contributed by atoms with Gasteiger partial charge in [0.25, 0.3) is 0 Å². The second kappa shape index (κ2) is 4.75. The molecule has 1 fully saturated rings. The molecule has 1 aromatic rings. The van der Waals surface area contributed by atoms with Crippen LogP contribution in [0, 0.1) is 11.8 Å². The number of aliphatic hydroxyl groups excluding tert-OH is 1. The Bertz CT molecular complexity index is 299. The van der Waals surface area contributed by atoms with E-state index in [1.165, 1.54) is 12.0 Å². The summed E-state index contributed by atoms with van der Waals surface area (Å²) in [7, 11) is 0. The van der Waals surface area contributed by atoms with Crippen LogP contribution < -0.4 is 0 Å². The minimum absolute atomic E-state index is 0.102. The molecule has 0 spiro atoms. The molecule has 3 atom stereocenters. The Labute approximate surface area is 91.4 Å². The zero-order valence-electron chi connectivity index (χ0n) is 9.26. The van der Waals surface area contributed by atoms with Gasteiger partial charge >= 0.3 is 0 Å². The lowest BCUT2D eigenvalue weighted by Crippen LogP contribution is -2.29. The van der Waals surface area contributed by atoms with Gasteiger partial charge in [0, 0.05) is 12.4 Å². The molecule has 1 aliphatic carbocycles. The van der Waals surface area contributed by atoms with E-state index in [-0.39, 0.29) is 6.10 Å². The zero-order valence-corrected chi connectivity index (χ0v) is 9.26. The van der Waals surface area contributed by atoms with Crippen LogP contribution in [-0.4, -0.2) is 16.2 Å². The number of pyridine rings is 1. The van der Waals surface area contributed by atoms with Crippen LogP contribution >= 0.6 is 0 Å². The van der Waals surface area contributed by atoms with Crippen molar-refractivity contribution in [1.82, 2.24) is 4.98 Å². The van der Waals surface area contributed by atoms with E-state index in [1.807, 2.05) is 24.5 Å². The molecule has 0 bridgehead atoms.